The molecule has 0 spiro atoms. The van der Waals surface area contributed by atoms with Crippen molar-refractivity contribution < 1.29 is 9.18 Å². The first-order chi connectivity index (χ1) is 8.08. The van der Waals surface area contributed by atoms with E-state index in [1.807, 2.05) is 13.8 Å². The average Bonchev–Trinajstić information content (AvgIpc) is 2.29. The molecule has 0 saturated carbocycles. The van der Waals surface area contributed by atoms with Crippen LogP contribution in [0, 0.1) is 5.82 Å². The first-order valence-corrected chi connectivity index (χ1v) is 5.93. The molecular formula is C12H16ClFN2O. The zero-order valence-electron chi connectivity index (χ0n) is 9.96. The van der Waals surface area contributed by atoms with Gasteiger partial charge >= 0.3 is 6.03 Å². The summed E-state index contributed by atoms with van der Waals surface area (Å²) < 4.78 is 13.4. The number of carbonyl (C=O) groups excluding carboxylic acids is 1. The maximum Gasteiger partial charge on any atom is 0.317 e. The number of benzene rings is 1. The number of carbonyl (C=O) groups is 1. The van der Waals surface area contributed by atoms with Gasteiger partial charge in [-0.25, -0.2) is 9.18 Å². The van der Waals surface area contributed by atoms with E-state index in [0.29, 0.717) is 23.7 Å². The summed E-state index contributed by atoms with van der Waals surface area (Å²) in [5.74, 6) is -0.405. The Morgan fingerprint density at radius 3 is 2.59 bits per heavy atom. The molecule has 3 nitrogen and oxygen atoms in total. The number of rotatable bonds is 4. The first kappa shape index (κ1) is 13.8. The van der Waals surface area contributed by atoms with E-state index in [4.69, 9.17) is 11.6 Å². The molecule has 1 aromatic carbocycles. The molecule has 0 unspecified atom stereocenters. The second kappa shape index (κ2) is 6.45. The molecule has 2 amide bonds. The van der Waals surface area contributed by atoms with E-state index < -0.39 is 5.82 Å². The number of nitrogens with zero attached hydrogens (tertiary/aromatic N) is 1. The molecule has 0 heterocycles. The van der Waals surface area contributed by atoms with E-state index in [1.54, 1.807) is 17.0 Å². The summed E-state index contributed by atoms with van der Waals surface area (Å²) >= 11 is 5.64. The Morgan fingerprint density at radius 1 is 1.41 bits per heavy atom. The molecule has 0 fully saturated rings. The van der Waals surface area contributed by atoms with Crippen LogP contribution >= 0.6 is 11.6 Å². The van der Waals surface area contributed by atoms with Gasteiger partial charge in [0.2, 0.25) is 0 Å². The molecule has 0 aromatic heterocycles. The molecule has 1 N–H and O–H groups in total. The molecule has 0 bridgehead atoms. The Hall–Kier alpha value is -1.29. The second-order valence-electron chi connectivity index (χ2n) is 3.57. The molecule has 1 aromatic rings. The third kappa shape index (κ3) is 3.89. The number of nitrogens with one attached hydrogen (secondary N) is 1. The molecule has 0 aliphatic heterocycles. The first-order valence-electron chi connectivity index (χ1n) is 5.55. The third-order valence-electron chi connectivity index (χ3n) is 2.50. The Bertz CT molecular complexity index is 394. The Labute approximate surface area is 106 Å². The minimum atomic E-state index is -0.405. The molecule has 5 heteroatoms. The second-order valence-corrected chi connectivity index (χ2v) is 4.00. The van der Waals surface area contributed by atoms with Gasteiger partial charge in [0.1, 0.15) is 5.82 Å². The van der Waals surface area contributed by atoms with Crippen molar-refractivity contribution in [1.29, 1.82) is 0 Å². The fourth-order valence-corrected chi connectivity index (χ4v) is 1.62. The molecule has 94 valence electrons. The molecule has 0 saturated heterocycles. The number of amides is 2. The highest BCUT2D eigenvalue weighted by atomic mass is 35.5. The van der Waals surface area contributed by atoms with Crippen molar-refractivity contribution in [3.63, 3.8) is 0 Å². The number of halogens is 2. The summed E-state index contributed by atoms with van der Waals surface area (Å²) in [4.78, 5) is 13.3. The standard InChI is InChI=1S/C12H16ClFN2O/c1-3-16(4-2)12(17)15-8-9-5-6-10(13)7-11(9)14/h5-7H,3-4,8H2,1-2H3,(H,15,17). The van der Waals surface area contributed by atoms with Gasteiger partial charge in [0.15, 0.2) is 0 Å². The van der Waals surface area contributed by atoms with E-state index >= 15 is 0 Å². The van der Waals surface area contributed by atoms with Crippen molar-refractivity contribution >= 4 is 17.6 Å². The monoisotopic (exact) mass is 258 g/mol. The van der Waals surface area contributed by atoms with Crippen LogP contribution in [0.25, 0.3) is 0 Å². The molecule has 1 rings (SSSR count). The van der Waals surface area contributed by atoms with Crippen LogP contribution in [0.15, 0.2) is 18.2 Å². The minimum Gasteiger partial charge on any atom is -0.334 e. The smallest absolute Gasteiger partial charge is 0.317 e. The van der Waals surface area contributed by atoms with E-state index in [0.717, 1.165) is 0 Å². The van der Waals surface area contributed by atoms with Crippen LogP contribution < -0.4 is 5.32 Å². The van der Waals surface area contributed by atoms with Gasteiger partial charge in [-0.2, -0.15) is 0 Å². The van der Waals surface area contributed by atoms with E-state index in [1.165, 1.54) is 6.07 Å². The van der Waals surface area contributed by atoms with E-state index in [9.17, 15) is 9.18 Å². The van der Waals surface area contributed by atoms with Crippen molar-refractivity contribution in [1.82, 2.24) is 10.2 Å². The zero-order chi connectivity index (χ0) is 12.8. The van der Waals surface area contributed by atoms with Crippen LogP contribution in [0.5, 0.6) is 0 Å². The topological polar surface area (TPSA) is 32.3 Å². The predicted octanol–water partition coefficient (Wildman–Crippen LogP) is 3.03. The lowest BCUT2D eigenvalue weighted by molar-refractivity contribution is 0.202. The largest absolute Gasteiger partial charge is 0.334 e. The van der Waals surface area contributed by atoms with Crippen LogP contribution in [0.1, 0.15) is 19.4 Å². The molecule has 0 radical (unpaired) electrons. The zero-order valence-corrected chi connectivity index (χ0v) is 10.7. The summed E-state index contributed by atoms with van der Waals surface area (Å²) in [7, 11) is 0. The van der Waals surface area contributed by atoms with Crippen molar-refractivity contribution in [2.75, 3.05) is 13.1 Å². The van der Waals surface area contributed by atoms with Crippen LogP contribution in [-0.2, 0) is 6.54 Å². The highest BCUT2D eigenvalue weighted by Gasteiger charge is 2.09. The number of urea groups is 1. The normalized spacial score (nSPS) is 10.1. The van der Waals surface area contributed by atoms with Gasteiger partial charge in [-0.15, -0.1) is 0 Å². The fraction of sp³-hybridized carbons (Fsp3) is 0.417. The van der Waals surface area contributed by atoms with Gasteiger partial charge in [-0.1, -0.05) is 17.7 Å². The number of hydrogen-bond acceptors (Lipinski definition) is 1. The van der Waals surface area contributed by atoms with Gasteiger partial charge in [0, 0.05) is 30.2 Å². The highest BCUT2D eigenvalue weighted by molar-refractivity contribution is 6.30. The average molecular weight is 259 g/mol. The van der Waals surface area contributed by atoms with Crippen molar-refractivity contribution in [2.45, 2.75) is 20.4 Å². The van der Waals surface area contributed by atoms with Crippen LogP contribution in [0.3, 0.4) is 0 Å². The molecule has 17 heavy (non-hydrogen) atoms. The van der Waals surface area contributed by atoms with E-state index in [2.05, 4.69) is 5.32 Å². The van der Waals surface area contributed by atoms with Crippen molar-refractivity contribution in [2.24, 2.45) is 0 Å². The molecular weight excluding hydrogens is 243 g/mol. The van der Waals surface area contributed by atoms with Gasteiger partial charge in [0.05, 0.1) is 0 Å². The third-order valence-corrected chi connectivity index (χ3v) is 2.73. The van der Waals surface area contributed by atoms with Crippen molar-refractivity contribution in [3.8, 4) is 0 Å². The maximum atomic E-state index is 13.4. The summed E-state index contributed by atoms with van der Waals surface area (Å²) in [6, 6.07) is 4.22. The van der Waals surface area contributed by atoms with Crippen LogP contribution in [0.4, 0.5) is 9.18 Å². The Kier molecular flexibility index (Phi) is 5.22. The quantitative estimate of drug-likeness (QED) is 0.885. The Balaban J connectivity index is 2.58. The Morgan fingerprint density at radius 2 is 2.06 bits per heavy atom. The molecule has 0 aliphatic rings. The summed E-state index contributed by atoms with van der Waals surface area (Å²) in [5, 5.41) is 3.01. The van der Waals surface area contributed by atoms with Crippen molar-refractivity contribution in [3.05, 3.63) is 34.6 Å². The highest BCUT2D eigenvalue weighted by Crippen LogP contribution is 2.14. The summed E-state index contributed by atoms with van der Waals surface area (Å²) in [6.45, 7) is 5.22. The molecule has 0 aliphatic carbocycles. The summed E-state index contributed by atoms with van der Waals surface area (Å²) in [5.41, 5.74) is 0.426. The summed E-state index contributed by atoms with van der Waals surface area (Å²) in [6.07, 6.45) is 0. The van der Waals surface area contributed by atoms with Crippen LogP contribution in [0.2, 0.25) is 5.02 Å². The lowest BCUT2D eigenvalue weighted by Gasteiger charge is -2.19. The maximum absolute atomic E-state index is 13.4. The van der Waals surface area contributed by atoms with Gasteiger partial charge in [-0.3, -0.25) is 0 Å². The fourth-order valence-electron chi connectivity index (χ4n) is 1.46. The van der Waals surface area contributed by atoms with Gasteiger partial charge in [0.25, 0.3) is 0 Å². The van der Waals surface area contributed by atoms with Crippen LogP contribution in [-0.4, -0.2) is 24.0 Å². The number of hydrogen-bond donors (Lipinski definition) is 1. The lowest BCUT2D eigenvalue weighted by Crippen LogP contribution is -2.39. The molecule has 0 atom stereocenters. The predicted molar refractivity (Wildman–Crippen MR) is 66.6 cm³/mol. The van der Waals surface area contributed by atoms with E-state index in [-0.39, 0.29) is 12.6 Å². The lowest BCUT2D eigenvalue weighted by atomic mass is 10.2. The van der Waals surface area contributed by atoms with Gasteiger partial charge < -0.3 is 10.2 Å². The SMILES string of the molecule is CCN(CC)C(=O)NCc1ccc(Cl)cc1F. The minimum absolute atomic E-state index is 0.165. The van der Waals surface area contributed by atoms with Gasteiger partial charge in [-0.05, 0) is 26.0 Å².